The molecule has 1 amide bonds. The largest absolute Gasteiger partial charge is 0.349 e. The Balaban J connectivity index is 4.26. The van der Waals surface area contributed by atoms with Crippen LogP contribution in [0.2, 0.25) is 0 Å². The summed E-state index contributed by atoms with van der Waals surface area (Å²) in [6.45, 7) is 7.95. The van der Waals surface area contributed by atoms with Gasteiger partial charge in [0.05, 0.1) is 19.3 Å². The second-order valence-corrected chi connectivity index (χ2v) is 6.44. The highest BCUT2D eigenvalue weighted by Crippen LogP contribution is 2.46. The predicted octanol–water partition coefficient (Wildman–Crippen LogP) is 1.70. The topological polar surface area (TPSA) is 90.7 Å². The summed E-state index contributed by atoms with van der Waals surface area (Å²) in [6.07, 6.45) is 0.443. The number of hydrogen-bond acceptors (Lipinski definition) is 5. The monoisotopic (exact) mass is 280 g/mol. The van der Waals surface area contributed by atoms with Crippen LogP contribution in [0.4, 0.5) is 0 Å². The molecule has 0 saturated carbocycles. The SMILES string of the molecule is CCOP(=O)(CNC(=O)[C@@H](N)CC(C)C)OCC. The zero-order chi connectivity index (χ0) is 14.2. The van der Waals surface area contributed by atoms with Gasteiger partial charge in [0, 0.05) is 0 Å². The fourth-order valence-electron chi connectivity index (χ4n) is 1.44. The first kappa shape index (κ1) is 17.6. The third kappa shape index (κ3) is 7.11. The molecule has 0 bridgehead atoms. The van der Waals surface area contributed by atoms with E-state index >= 15 is 0 Å². The van der Waals surface area contributed by atoms with E-state index in [2.05, 4.69) is 5.32 Å². The molecule has 1 atom stereocenters. The molecule has 0 aromatic carbocycles. The highest BCUT2D eigenvalue weighted by molar-refractivity contribution is 7.53. The van der Waals surface area contributed by atoms with E-state index in [1.807, 2.05) is 13.8 Å². The van der Waals surface area contributed by atoms with Crippen LogP contribution in [0.25, 0.3) is 0 Å². The smallest absolute Gasteiger partial charge is 0.343 e. The summed E-state index contributed by atoms with van der Waals surface area (Å²) >= 11 is 0. The number of nitrogens with two attached hydrogens (primary N) is 1. The molecule has 0 heterocycles. The minimum absolute atomic E-state index is 0.140. The molecular formula is C11H25N2O4P. The Kier molecular flexibility index (Phi) is 8.44. The first-order valence-electron chi connectivity index (χ1n) is 6.26. The van der Waals surface area contributed by atoms with Gasteiger partial charge in [0.25, 0.3) is 0 Å². The minimum Gasteiger partial charge on any atom is -0.343 e. The molecule has 0 aliphatic heterocycles. The highest BCUT2D eigenvalue weighted by atomic mass is 31.2. The molecule has 0 rings (SSSR count). The van der Waals surface area contributed by atoms with Gasteiger partial charge in [-0.25, -0.2) is 0 Å². The first-order chi connectivity index (χ1) is 8.34. The number of nitrogens with one attached hydrogen (secondary N) is 1. The van der Waals surface area contributed by atoms with E-state index in [-0.39, 0.29) is 25.4 Å². The lowest BCUT2D eigenvalue weighted by Crippen LogP contribution is -2.41. The average molecular weight is 280 g/mol. The molecular weight excluding hydrogens is 255 g/mol. The van der Waals surface area contributed by atoms with Crippen LogP contribution in [0.5, 0.6) is 0 Å². The van der Waals surface area contributed by atoms with Crippen LogP contribution in [0.15, 0.2) is 0 Å². The van der Waals surface area contributed by atoms with Gasteiger partial charge >= 0.3 is 7.60 Å². The first-order valence-corrected chi connectivity index (χ1v) is 7.98. The third-order valence-electron chi connectivity index (χ3n) is 2.16. The van der Waals surface area contributed by atoms with E-state index in [9.17, 15) is 9.36 Å². The van der Waals surface area contributed by atoms with Gasteiger partial charge in [0.15, 0.2) is 0 Å². The van der Waals surface area contributed by atoms with Crippen molar-refractivity contribution in [3.63, 3.8) is 0 Å². The van der Waals surface area contributed by atoms with Gasteiger partial charge in [-0.05, 0) is 26.2 Å². The molecule has 108 valence electrons. The van der Waals surface area contributed by atoms with Crippen LogP contribution < -0.4 is 11.1 Å². The molecule has 0 radical (unpaired) electrons. The van der Waals surface area contributed by atoms with Gasteiger partial charge in [-0.2, -0.15) is 0 Å². The summed E-state index contributed by atoms with van der Waals surface area (Å²) in [6, 6.07) is -0.596. The summed E-state index contributed by atoms with van der Waals surface area (Å²) < 4.78 is 22.2. The van der Waals surface area contributed by atoms with Crippen LogP contribution in [-0.2, 0) is 18.4 Å². The molecule has 0 spiro atoms. The number of hydrogen-bond donors (Lipinski definition) is 2. The normalized spacial score (nSPS) is 13.7. The number of amides is 1. The molecule has 0 aliphatic rings. The van der Waals surface area contributed by atoms with E-state index in [0.717, 1.165) is 0 Å². The Labute approximate surface area is 109 Å². The van der Waals surface area contributed by atoms with Crippen LogP contribution in [0.1, 0.15) is 34.1 Å². The Morgan fingerprint density at radius 2 is 1.78 bits per heavy atom. The van der Waals surface area contributed by atoms with Crippen LogP contribution in [0, 0.1) is 5.92 Å². The Hall–Kier alpha value is -0.420. The summed E-state index contributed by atoms with van der Waals surface area (Å²) in [7, 11) is -3.23. The quantitative estimate of drug-likeness (QED) is 0.627. The Morgan fingerprint density at radius 3 is 2.17 bits per heavy atom. The van der Waals surface area contributed by atoms with Crippen LogP contribution in [-0.4, -0.2) is 31.4 Å². The van der Waals surface area contributed by atoms with E-state index in [1.165, 1.54) is 0 Å². The van der Waals surface area contributed by atoms with Gasteiger partial charge in [0.2, 0.25) is 5.91 Å². The lowest BCUT2D eigenvalue weighted by atomic mass is 10.0. The van der Waals surface area contributed by atoms with Gasteiger partial charge in [-0.1, -0.05) is 13.8 Å². The zero-order valence-electron chi connectivity index (χ0n) is 11.6. The van der Waals surface area contributed by atoms with Crippen molar-refractivity contribution < 1.29 is 18.4 Å². The van der Waals surface area contributed by atoms with Crippen molar-refractivity contribution in [2.45, 2.75) is 40.2 Å². The third-order valence-corrected chi connectivity index (χ3v) is 4.01. The maximum Gasteiger partial charge on any atom is 0.349 e. The Bertz CT molecular complexity index is 287. The van der Waals surface area contributed by atoms with E-state index in [0.29, 0.717) is 12.3 Å². The van der Waals surface area contributed by atoms with Crippen LogP contribution >= 0.6 is 7.60 Å². The summed E-state index contributed by atoms with van der Waals surface area (Å²) in [5.74, 6) is -0.000306. The zero-order valence-corrected chi connectivity index (χ0v) is 12.5. The molecule has 0 saturated heterocycles. The van der Waals surface area contributed by atoms with Crippen molar-refractivity contribution in [3.05, 3.63) is 0 Å². The molecule has 0 aromatic heterocycles. The van der Waals surface area contributed by atoms with E-state index in [4.69, 9.17) is 14.8 Å². The van der Waals surface area contributed by atoms with Gasteiger partial charge in [0.1, 0.15) is 6.29 Å². The number of carbonyl (C=O) groups excluding carboxylic acids is 1. The lowest BCUT2D eigenvalue weighted by Gasteiger charge is -2.19. The molecule has 6 nitrogen and oxygen atoms in total. The maximum absolute atomic E-state index is 12.1. The second-order valence-electron chi connectivity index (χ2n) is 4.38. The standard InChI is InChI=1S/C11H25N2O4P/c1-5-16-18(15,17-6-2)8-13-11(14)10(12)7-9(3)4/h9-10H,5-8,12H2,1-4H3,(H,13,14)/t10-/m0/s1. The van der Waals surface area contributed by atoms with Crippen molar-refractivity contribution in [1.29, 1.82) is 0 Å². The van der Waals surface area contributed by atoms with Gasteiger partial charge in [-0.15, -0.1) is 0 Å². The molecule has 3 N–H and O–H groups in total. The average Bonchev–Trinajstić information content (AvgIpc) is 2.25. The second kappa shape index (κ2) is 8.64. The molecule has 0 unspecified atom stereocenters. The van der Waals surface area contributed by atoms with E-state index < -0.39 is 13.6 Å². The maximum atomic E-state index is 12.1. The van der Waals surface area contributed by atoms with Crippen molar-refractivity contribution in [2.24, 2.45) is 11.7 Å². The molecule has 7 heteroatoms. The van der Waals surface area contributed by atoms with Gasteiger partial charge < -0.3 is 20.1 Å². The van der Waals surface area contributed by atoms with Crippen molar-refractivity contribution in [2.75, 3.05) is 19.5 Å². The lowest BCUT2D eigenvalue weighted by molar-refractivity contribution is -0.122. The fraction of sp³-hybridized carbons (Fsp3) is 0.909. The van der Waals surface area contributed by atoms with Crippen molar-refractivity contribution in [3.8, 4) is 0 Å². The predicted molar refractivity (Wildman–Crippen MR) is 71.3 cm³/mol. The fourth-order valence-corrected chi connectivity index (χ4v) is 2.84. The molecule has 0 aromatic rings. The molecule has 0 aliphatic carbocycles. The molecule has 18 heavy (non-hydrogen) atoms. The Morgan fingerprint density at radius 1 is 1.28 bits per heavy atom. The van der Waals surface area contributed by atoms with Crippen molar-refractivity contribution in [1.82, 2.24) is 5.32 Å². The molecule has 0 fully saturated rings. The minimum atomic E-state index is -3.23. The summed E-state index contributed by atoms with van der Waals surface area (Å²) in [4.78, 5) is 11.7. The van der Waals surface area contributed by atoms with Crippen molar-refractivity contribution >= 4 is 13.5 Å². The van der Waals surface area contributed by atoms with Crippen LogP contribution in [0.3, 0.4) is 0 Å². The number of carbonyl (C=O) groups is 1. The number of rotatable bonds is 9. The van der Waals surface area contributed by atoms with Gasteiger partial charge in [-0.3, -0.25) is 9.36 Å². The summed E-state index contributed by atoms with van der Waals surface area (Å²) in [5.41, 5.74) is 5.71. The highest BCUT2D eigenvalue weighted by Gasteiger charge is 2.25. The van der Waals surface area contributed by atoms with E-state index in [1.54, 1.807) is 13.8 Å². The summed E-state index contributed by atoms with van der Waals surface area (Å²) in [5, 5.41) is 2.52.